The summed E-state index contributed by atoms with van der Waals surface area (Å²) in [5.74, 6) is 0.677. The first-order chi connectivity index (χ1) is 27.7. The van der Waals surface area contributed by atoms with Crippen molar-refractivity contribution in [1.29, 1.82) is 0 Å². The summed E-state index contributed by atoms with van der Waals surface area (Å²) in [7, 11) is 0. The summed E-state index contributed by atoms with van der Waals surface area (Å²) < 4.78 is 9.17. The third-order valence-corrected chi connectivity index (χ3v) is 11.9. The lowest BCUT2D eigenvalue weighted by molar-refractivity contribution is 0.673. The fraction of sp³-hybridized carbons (Fsp3) is 0. The average molecular weight is 712 g/mol. The lowest BCUT2D eigenvalue weighted by Gasteiger charge is -2.11. The van der Waals surface area contributed by atoms with Crippen LogP contribution in [0.1, 0.15) is 0 Å². The molecule has 4 heterocycles. The minimum absolute atomic E-state index is 0.677. The van der Waals surface area contributed by atoms with Gasteiger partial charge in [-0.3, -0.25) is 0 Å². The number of furan rings is 1. The molecule has 0 N–H and O–H groups in total. The van der Waals surface area contributed by atoms with E-state index < -0.39 is 0 Å². The Balaban J connectivity index is 1.01. The largest absolute Gasteiger partial charge is 0.455 e. The molecule has 0 saturated carbocycles. The number of para-hydroxylation sites is 2. The second-order valence-corrected chi connectivity index (χ2v) is 15.0. The molecule has 258 valence electrons. The maximum absolute atomic E-state index is 6.74. The molecule has 0 amide bonds. The number of fused-ring (bicyclic) bond motifs is 13. The van der Waals surface area contributed by atoms with Crippen molar-refractivity contribution >= 4 is 92.4 Å². The topological polar surface area (TPSA) is 43.3 Å². The van der Waals surface area contributed by atoms with Gasteiger partial charge in [0.05, 0.1) is 27.9 Å². The van der Waals surface area contributed by atoms with Gasteiger partial charge in [-0.15, -0.1) is 0 Å². The number of benzene rings is 9. The normalized spacial score (nSPS) is 12.3. The molecule has 0 fully saturated rings. The van der Waals surface area contributed by atoms with Crippen LogP contribution >= 0.6 is 0 Å². The second kappa shape index (κ2) is 11.0. The van der Waals surface area contributed by atoms with Crippen molar-refractivity contribution in [2.75, 3.05) is 0 Å². The van der Waals surface area contributed by atoms with Crippen molar-refractivity contribution in [2.24, 2.45) is 0 Å². The van der Waals surface area contributed by atoms with Crippen LogP contribution in [0.2, 0.25) is 0 Å². The van der Waals surface area contributed by atoms with Crippen LogP contribution in [0.5, 0.6) is 0 Å². The van der Waals surface area contributed by atoms with E-state index in [1.54, 1.807) is 0 Å². The van der Waals surface area contributed by atoms with Crippen LogP contribution in [0.25, 0.3) is 126 Å². The summed E-state index contributed by atoms with van der Waals surface area (Å²) in [5.41, 5.74) is 10.3. The van der Waals surface area contributed by atoms with E-state index in [1.807, 2.05) is 0 Å². The summed E-state index contributed by atoms with van der Waals surface area (Å²) in [4.78, 5) is 10.5. The molecule has 4 nitrogen and oxygen atoms in total. The van der Waals surface area contributed by atoms with Gasteiger partial charge >= 0.3 is 0 Å². The van der Waals surface area contributed by atoms with E-state index in [0.717, 1.165) is 60.8 Å². The zero-order chi connectivity index (χ0) is 36.5. The highest BCUT2D eigenvalue weighted by molar-refractivity contribution is 6.26. The maximum atomic E-state index is 6.74. The fourth-order valence-electron chi connectivity index (χ4n) is 9.19. The zero-order valence-corrected chi connectivity index (χ0v) is 30.0. The molecule has 0 saturated heterocycles. The first-order valence-electron chi connectivity index (χ1n) is 19.1. The molecule has 13 rings (SSSR count). The number of nitrogens with zero attached hydrogens (tertiary/aromatic N) is 3. The summed E-state index contributed by atoms with van der Waals surface area (Å²) in [5, 5.41) is 14.2. The Morgan fingerprint density at radius 2 is 0.982 bits per heavy atom. The Hall–Kier alpha value is -7.56. The van der Waals surface area contributed by atoms with E-state index in [2.05, 4.69) is 180 Å². The highest BCUT2D eigenvalue weighted by atomic mass is 16.3. The monoisotopic (exact) mass is 711 g/mol. The second-order valence-electron chi connectivity index (χ2n) is 15.0. The predicted octanol–water partition coefficient (Wildman–Crippen LogP) is 14.0. The average Bonchev–Trinajstić information content (AvgIpc) is 3.92. The highest BCUT2D eigenvalue weighted by Gasteiger charge is 2.20. The Morgan fingerprint density at radius 1 is 0.357 bits per heavy atom. The molecule has 4 heteroatoms. The molecule has 0 aliphatic heterocycles. The smallest absolute Gasteiger partial charge is 0.160 e. The molecule has 0 bridgehead atoms. The van der Waals surface area contributed by atoms with Crippen molar-refractivity contribution in [3.05, 3.63) is 176 Å². The first-order valence-corrected chi connectivity index (χ1v) is 19.1. The molecule has 13 aromatic rings. The third-order valence-electron chi connectivity index (χ3n) is 11.9. The molecule has 9 aromatic carbocycles. The lowest BCUT2D eigenvalue weighted by Crippen LogP contribution is -1.96. The first kappa shape index (κ1) is 29.8. The maximum Gasteiger partial charge on any atom is 0.160 e. The molecule has 0 aliphatic carbocycles. The Bertz CT molecular complexity index is 3680. The number of hydrogen-bond acceptors (Lipinski definition) is 3. The van der Waals surface area contributed by atoms with Crippen LogP contribution in [-0.4, -0.2) is 14.4 Å². The third kappa shape index (κ3) is 4.18. The van der Waals surface area contributed by atoms with Crippen LogP contribution in [0, 0.1) is 0 Å². The number of aromatic nitrogens is 3. The Kier molecular flexibility index (Phi) is 5.86. The van der Waals surface area contributed by atoms with Gasteiger partial charge in [0.1, 0.15) is 11.2 Å². The van der Waals surface area contributed by atoms with E-state index in [-0.39, 0.29) is 0 Å². The molecular formula is C52H29N3O. The molecule has 56 heavy (non-hydrogen) atoms. The molecular weight excluding hydrogens is 683 g/mol. The predicted molar refractivity (Wildman–Crippen MR) is 233 cm³/mol. The van der Waals surface area contributed by atoms with Gasteiger partial charge in [-0.1, -0.05) is 115 Å². The molecule has 0 radical (unpaired) electrons. The van der Waals surface area contributed by atoms with Gasteiger partial charge < -0.3 is 8.82 Å². The minimum atomic E-state index is 0.677. The Morgan fingerprint density at radius 3 is 1.73 bits per heavy atom. The molecule has 0 atom stereocenters. The van der Waals surface area contributed by atoms with Crippen molar-refractivity contribution in [3.8, 4) is 33.9 Å². The van der Waals surface area contributed by atoms with Gasteiger partial charge in [-0.25, -0.2) is 9.97 Å². The van der Waals surface area contributed by atoms with E-state index in [0.29, 0.717) is 5.82 Å². The zero-order valence-electron chi connectivity index (χ0n) is 30.0. The fourth-order valence-corrected chi connectivity index (χ4v) is 9.19. The SMILES string of the molecule is c1ccc2cc(-c3cc(-c4ccc5ccccc5c4)nc(-c4ccc5oc6c7cc8c9cccc%10c%11ccccc%11n(c8cc7ccc6c5c4)c%109)n3)ccc2c1. The molecule has 0 spiro atoms. The lowest BCUT2D eigenvalue weighted by atomic mass is 10.0. The highest BCUT2D eigenvalue weighted by Crippen LogP contribution is 2.43. The van der Waals surface area contributed by atoms with Crippen LogP contribution in [0.15, 0.2) is 180 Å². The van der Waals surface area contributed by atoms with Gasteiger partial charge in [-0.05, 0) is 87.6 Å². The number of rotatable bonds is 3. The molecule has 4 aromatic heterocycles. The summed E-state index contributed by atoms with van der Waals surface area (Å²) in [6.07, 6.45) is 0. The summed E-state index contributed by atoms with van der Waals surface area (Å²) in [6, 6.07) is 63.0. The Labute approximate surface area is 319 Å². The minimum Gasteiger partial charge on any atom is -0.455 e. The molecule has 0 unspecified atom stereocenters. The van der Waals surface area contributed by atoms with Gasteiger partial charge in [-0.2, -0.15) is 0 Å². The number of hydrogen-bond donors (Lipinski definition) is 0. The van der Waals surface area contributed by atoms with Crippen molar-refractivity contribution in [2.45, 2.75) is 0 Å². The standard InChI is InChI=1S/C52H29N3O/c1-3-10-32-24-35(18-16-30(32)8-1)45-29-46(36-19-17-31-9-2-4-11-33(31)25-36)54-52(53-45)37-21-23-49-44(26-37)41-22-20-34-27-48-43(28-42(34)51(41)56-49)40-14-7-13-39-38-12-5-6-15-47(38)55(48)50(39)40/h1-29H. The van der Waals surface area contributed by atoms with Crippen LogP contribution in [0.3, 0.4) is 0 Å². The van der Waals surface area contributed by atoms with E-state index in [1.165, 1.54) is 59.6 Å². The van der Waals surface area contributed by atoms with Crippen LogP contribution < -0.4 is 0 Å². The van der Waals surface area contributed by atoms with Crippen molar-refractivity contribution in [3.63, 3.8) is 0 Å². The van der Waals surface area contributed by atoms with Crippen LogP contribution in [0.4, 0.5) is 0 Å². The van der Waals surface area contributed by atoms with E-state index in [4.69, 9.17) is 14.4 Å². The van der Waals surface area contributed by atoms with E-state index in [9.17, 15) is 0 Å². The quantitative estimate of drug-likeness (QED) is 0.183. The van der Waals surface area contributed by atoms with Gasteiger partial charge in [0.15, 0.2) is 5.82 Å². The van der Waals surface area contributed by atoms with Crippen molar-refractivity contribution < 1.29 is 4.42 Å². The van der Waals surface area contributed by atoms with Crippen LogP contribution in [-0.2, 0) is 0 Å². The van der Waals surface area contributed by atoms with Gasteiger partial charge in [0.25, 0.3) is 0 Å². The van der Waals surface area contributed by atoms with Gasteiger partial charge in [0, 0.05) is 54.4 Å². The van der Waals surface area contributed by atoms with Gasteiger partial charge in [0.2, 0.25) is 0 Å². The summed E-state index contributed by atoms with van der Waals surface area (Å²) >= 11 is 0. The van der Waals surface area contributed by atoms with E-state index >= 15 is 0 Å². The summed E-state index contributed by atoms with van der Waals surface area (Å²) in [6.45, 7) is 0. The molecule has 0 aliphatic rings. The van der Waals surface area contributed by atoms with Crippen molar-refractivity contribution in [1.82, 2.24) is 14.4 Å².